The van der Waals surface area contributed by atoms with Crippen LogP contribution in [0.2, 0.25) is 0 Å². The van der Waals surface area contributed by atoms with Crippen molar-refractivity contribution in [2.75, 3.05) is 7.05 Å². The van der Waals surface area contributed by atoms with Crippen LogP contribution in [0.3, 0.4) is 0 Å². The maximum Gasteiger partial charge on any atom is 0.244 e. The van der Waals surface area contributed by atoms with Crippen molar-refractivity contribution in [2.24, 2.45) is 5.73 Å². The lowest BCUT2D eigenvalue weighted by Crippen LogP contribution is -2.29. The maximum absolute atomic E-state index is 12.8. The first-order valence-corrected chi connectivity index (χ1v) is 9.49. The first-order valence-electron chi connectivity index (χ1n) is 6.38. The van der Waals surface area contributed by atoms with Gasteiger partial charge in [-0.2, -0.15) is 4.31 Å². The molecule has 0 saturated heterocycles. The Bertz CT molecular complexity index is 715. The fraction of sp³-hybridized carbons (Fsp3) is 0.286. The van der Waals surface area contributed by atoms with Crippen LogP contribution in [0.4, 0.5) is 0 Å². The van der Waals surface area contributed by atoms with Gasteiger partial charge >= 0.3 is 0 Å². The summed E-state index contributed by atoms with van der Waals surface area (Å²) >= 11 is 4.86. The lowest BCUT2D eigenvalue weighted by Gasteiger charge is -2.24. The molecule has 0 aliphatic carbocycles. The van der Waals surface area contributed by atoms with Gasteiger partial charge in [0.2, 0.25) is 10.0 Å². The fourth-order valence-electron chi connectivity index (χ4n) is 1.94. The molecule has 0 aliphatic rings. The molecule has 1 aromatic carbocycles. The fourth-order valence-corrected chi connectivity index (χ4v) is 5.15. The van der Waals surface area contributed by atoms with Gasteiger partial charge in [0.25, 0.3) is 0 Å². The SMILES string of the molecule is CC(c1cccs1)N(C)S(=O)(=O)c1cc(CN)ccc1Br. The summed E-state index contributed by atoms with van der Waals surface area (Å²) in [5.41, 5.74) is 6.39. The van der Waals surface area contributed by atoms with Crippen LogP contribution >= 0.6 is 27.3 Å². The minimum Gasteiger partial charge on any atom is -0.326 e. The number of hydrogen-bond donors (Lipinski definition) is 1. The monoisotopic (exact) mass is 388 g/mol. The third-order valence-corrected chi connectivity index (χ3v) is 7.35. The number of rotatable bonds is 5. The standard InChI is InChI=1S/C14H17BrN2O2S2/c1-10(13-4-3-7-20-13)17(2)21(18,19)14-8-11(9-16)5-6-12(14)15/h3-8,10H,9,16H2,1-2H3. The predicted molar refractivity (Wildman–Crippen MR) is 89.7 cm³/mol. The third kappa shape index (κ3) is 3.37. The Morgan fingerprint density at radius 3 is 2.67 bits per heavy atom. The number of thiophene rings is 1. The van der Waals surface area contributed by atoms with Crippen LogP contribution in [0.1, 0.15) is 23.4 Å². The number of nitrogens with two attached hydrogens (primary N) is 1. The topological polar surface area (TPSA) is 63.4 Å². The lowest BCUT2D eigenvalue weighted by atomic mass is 10.2. The summed E-state index contributed by atoms with van der Waals surface area (Å²) in [5.74, 6) is 0. The van der Waals surface area contributed by atoms with E-state index < -0.39 is 10.0 Å². The second kappa shape index (κ2) is 6.58. The number of nitrogens with zero attached hydrogens (tertiary/aromatic N) is 1. The Morgan fingerprint density at radius 1 is 1.38 bits per heavy atom. The van der Waals surface area contributed by atoms with E-state index in [9.17, 15) is 8.42 Å². The van der Waals surface area contributed by atoms with Crippen molar-refractivity contribution in [3.63, 3.8) is 0 Å². The van der Waals surface area contributed by atoms with Crippen LogP contribution < -0.4 is 5.73 Å². The van der Waals surface area contributed by atoms with Gasteiger partial charge in [-0.05, 0) is 52.0 Å². The van der Waals surface area contributed by atoms with Crippen molar-refractivity contribution >= 4 is 37.3 Å². The van der Waals surface area contributed by atoms with E-state index >= 15 is 0 Å². The molecule has 1 aromatic heterocycles. The highest BCUT2D eigenvalue weighted by molar-refractivity contribution is 9.10. The molecule has 0 radical (unpaired) electrons. The van der Waals surface area contributed by atoms with E-state index in [1.807, 2.05) is 30.5 Å². The Balaban J connectivity index is 2.42. The van der Waals surface area contributed by atoms with E-state index in [-0.39, 0.29) is 10.9 Å². The van der Waals surface area contributed by atoms with Crippen molar-refractivity contribution < 1.29 is 8.42 Å². The van der Waals surface area contributed by atoms with E-state index in [0.717, 1.165) is 10.4 Å². The molecule has 1 heterocycles. The largest absolute Gasteiger partial charge is 0.326 e. The molecule has 2 aromatic rings. The second-order valence-corrected chi connectivity index (χ2v) is 8.48. The van der Waals surface area contributed by atoms with E-state index in [0.29, 0.717) is 11.0 Å². The van der Waals surface area contributed by atoms with Gasteiger partial charge in [-0.1, -0.05) is 12.1 Å². The van der Waals surface area contributed by atoms with Crippen LogP contribution in [0.25, 0.3) is 0 Å². The van der Waals surface area contributed by atoms with Crippen molar-refractivity contribution in [3.05, 3.63) is 50.6 Å². The highest BCUT2D eigenvalue weighted by atomic mass is 79.9. The van der Waals surface area contributed by atoms with Gasteiger partial charge < -0.3 is 5.73 Å². The average molecular weight is 389 g/mol. The predicted octanol–water partition coefficient (Wildman–Crippen LogP) is 3.35. The molecule has 1 unspecified atom stereocenters. The van der Waals surface area contributed by atoms with E-state index in [1.54, 1.807) is 30.5 Å². The zero-order valence-electron chi connectivity index (χ0n) is 11.8. The first-order chi connectivity index (χ1) is 9.87. The molecule has 1 atom stereocenters. The molecule has 21 heavy (non-hydrogen) atoms. The molecule has 0 amide bonds. The van der Waals surface area contributed by atoms with Crippen molar-refractivity contribution in [2.45, 2.75) is 24.4 Å². The Morgan fingerprint density at radius 2 is 2.10 bits per heavy atom. The molecule has 2 N–H and O–H groups in total. The van der Waals surface area contributed by atoms with Crippen LogP contribution in [0.5, 0.6) is 0 Å². The van der Waals surface area contributed by atoms with Crippen LogP contribution in [-0.2, 0) is 16.6 Å². The van der Waals surface area contributed by atoms with Crippen LogP contribution in [-0.4, -0.2) is 19.8 Å². The normalized spacial score (nSPS) is 13.6. The summed E-state index contributed by atoms with van der Waals surface area (Å²) < 4.78 is 27.6. The Hall–Kier alpha value is -0.730. The van der Waals surface area contributed by atoms with Gasteiger partial charge in [0.15, 0.2) is 0 Å². The Kier molecular flexibility index (Phi) is 5.21. The van der Waals surface area contributed by atoms with Gasteiger partial charge in [0.05, 0.1) is 10.9 Å². The van der Waals surface area contributed by atoms with E-state index in [2.05, 4.69) is 15.9 Å². The molecule has 0 spiro atoms. The van der Waals surface area contributed by atoms with Gasteiger partial charge in [-0.3, -0.25) is 0 Å². The highest BCUT2D eigenvalue weighted by Crippen LogP contribution is 2.32. The molecule has 4 nitrogen and oxygen atoms in total. The number of benzene rings is 1. The molecule has 0 fully saturated rings. The van der Waals surface area contributed by atoms with Gasteiger partial charge in [-0.25, -0.2) is 8.42 Å². The van der Waals surface area contributed by atoms with Crippen molar-refractivity contribution in [1.29, 1.82) is 0 Å². The zero-order chi connectivity index (χ0) is 15.6. The molecule has 0 saturated carbocycles. The number of halogens is 1. The molecular weight excluding hydrogens is 372 g/mol. The van der Waals surface area contributed by atoms with Gasteiger partial charge in [0, 0.05) is 22.9 Å². The number of sulfonamides is 1. The quantitative estimate of drug-likeness (QED) is 0.853. The van der Waals surface area contributed by atoms with Crippen molar-refractivity contribution in [1.82, 2.24) is 4.31 Å². The molecule has 7 heteroatoms. The number of hydrogen-bond acceptors (Lipinski definition) is 4. The van der Waals surface area contributed by atoms with Gasteiger partial charge in [-0.15, -0.1) is 11.3 Å². The second-order valence-electron chi connectivity index (χ2n) is 4.68. The van der Waals surface area contributed by atoms with Crippen molar-refractivity contribution in [3.8, 4) is 0 Å². The summed E-state index contributed by atoms with van der Waals surface area (Å²) in [6.07, 6.45) is 0. The average Bonchev–Trinajstić information content (AvgIpc) is 3.00. The van der Waals surface area contributed by atoms with Crippen LogP contribution in [0.15, 0.2) is 45.1 Å². The summed E-state index contributed by atoms with van der Waals surface area (Å²) in [6, 6.07) is 8.79. The Labute approximate surface area is 137 Å². The lowest BCUT2D eigenvalue weighted by molar-refractivity contribution is 0.402. The summed E-state index contributed by atoms with van der Waals surface area (Å²) in [5, 5.41) is 1.94. The van der Waals surface area contributed by atoms with Gasteiger partial charge in [0.1, 0.15) is 0 Å². The first kappa shape index (κ1) is 16.6. The third-order valence-electron chi connectivity index (χ3n) is 3.39. The molecule has 0 bridgehead atoms. The maximum atomic E-state index is 12.8. The van der Waals surface area contributed by atoms with E-state index in [4.69, 9.17) is 5.73 Å². The highest BCUT2D eigenvalue weighted by Gasteiger charge is 2.28. The minimum atomic E-state index is -3.59. The molecule has 2 rings (SSSR count). The minimum absolute atomic E-state index is 0.219. The summed E-state index contributed by atoms with van der Waals surface area (Å²) in [6.45, 7) is 2.18. The molecule has 0 aliphatic heterocycles. The van der Waals surface area contributed by atoms with E-state index in [1.165, 1.54) is 4.31 Å². The zero-order valence-corrected chi connectivity index (χ0v) is 15.0. The molecular formula is C14H17BrN2O2S2. The molecule has 114 valence electrons. The summed E-state index contributed by atoms with van der Waals surface area (Å²) in [4.78, 5) is 1.25. The summed E-state index contributed by atoms with van der Waals surface area (Å²) in [7, 11) is -1.99. The smallest absolute Gasteiger partial charge is 0.244 e. The van der Waals surface area contributed by atoms with Crippen LogP contribution in [0, 0.1) is 0 Å².